The number of nitrogens with one attached hydrogen (secondary N) is 1. The number of allylic oxidation sites excluding steroid dienone is 2. The number of fused-ring (bicyclic) bond motifs is 2. The number of aromatic nitrogens is 2. The molecule has 1 saturated carbocycles. The molecule has 6 nitrogen and oxygen atoms in total. The van der Waals surface area contributed by atoms with Crippen molar-refractivity contribution in [2.24, 2.45) is 23.7 Å². The van der Waals surface area contributed by atoms with Crippen LogP contribution in [0, 0.1) is 23.7 Å². The first kappa shape index (κ1) is 12.9. The van der Waals surface area contributed by atoms with Gasteiger partial charge in [0.05, 0.1) is 23.7 Å². The fraction of sp³-hybridized carbons (Fsp3) is 0.500. The van der Waals surface area contributed by atoms with E-state index in [1.807, 2.05) is 19.1 Å². The van der Waals surface area contributed by atoms with Crippen LogP contribution in [0.3, 0.4) is 0 Å². The average Bonchev–Trinajstić information content (AvgIpc) is 3.12. The molecule has 4 unspecified atom stereocenters. The van der Waals surface area contributed by atoms with Crippen molar-refractivity contribution in [2.75, 3.05) is 5.32 Å². The van der Waals surface area contributed by atoms with Gasteiger partial charge in [0.2, 0.25) is 5.91 Å². The number of carbonyl (C=O) groups excluding carboxylic acids is 1. The van der Waals surface area contributed by atoms with Crippen LogP contribution in [0.25, 0.3) is 0 Å². The number of amides is 1. The highest BCUT2D eigenvalue weighted by molar-refractivity contribution is 5.96. The molecule has 1 aromatic heterocycles. The second-order valence-corrected chi connectivity index (χ2v) is 5.41. The van der Waals surface area contributed by atoms with Crippen molar-refractivity contribution in [2.45, 2.75) is 19.9 Å². The zero-order valence-corrected chi connectivity index (χ0v) is 11.2. The molecule has 1 heterocycles. The van der Waals surface area contributed by atoms with E-state index in [-0.39, 0.29) is 17.7 Å². The van der Waals surface area contributed by atoms with Crippen molar-refractivity contribution < 1.29 is 14.7 Å². The Balaban J connectivity index is 1.76. The predicted molar refractivity (Wildman–Crippen MR) is 71.9 cm³/mol. The molecule has 106 valence electrons. The molecule has 0 radical (unpaired) electrons. The maximum atomic E-state index is 12.4. The Morgan fingerprint density at radius 1 is 1.40 bits per heavy atom. The highest BCUT2D eigenvalue weighted by Crippen LogP contribution is 2.48. The Morgan fingerprint density at radius 2 is 2.10 bits per heavy atom. The van der Waals surface area contributed by atoms with Crippen molar-refractivity contribution in [1.82, 2.24) is 9.78 Å². The lowest BCUT2D eigenvalue weighted by Crippen LogP contribution is -2.36. The number of carboxylic acid groups (broad SMARTS) is 1. The van der Waals surface area contributed by atoms with E-state index in [1.54, 1.807) is 17.1 Å². The number of aryl methyl sites for hydroxylation is 1. The molecule has 3 rings (SSSR count). The summed E-state index contributed by atoms with van der Waals surface area (Å²) >= 11 is 0. The van der Waals surface area contributed by atoms with Crippen LogP contribution in [0.4, 0.5) is 5.69 Å². The molecular formula is C14H17N3O3. The number of nitrogens with zero attached hydrogens (tertiary/aromatic N) is 2. The molecule has 6 heteroatoms. The van der Waals surface area contributed by atoms with Crippen molar-refractivity contribution >= 4 is 17.6 Å². The monoisotopic (exact) mass is 275 g/mol. The van der Waals surface area contributed by atoms with Gasteiger partial charge in [0, 0.05) is 12.7 Å². The maximum Gasteiger partial charge on any atom is 0.307 e. The Hall–Kier alpha value is -2.11. The molecule has 1 fully saturated rings. The maximum absolute atomic E-state index is 12.4. The summed E-state index contributed by atoms with van der Waals surface area (Å²) in [6.45, 7) is 2.68. The lowest BCUT2D eigenvalue weighted by molar-refractivity contribution is -0.146. The molecule has 0 spiro atoms. The Morgan fingerprint density at radius 3 is 2.70 bits per heavy atom. The molecule has 2 aliphatic carbocycles. The van der Waals surface area contributed by atoms with E-state index in [0.29, 0.717) is 5.69 Å². The molecule has 4 atom stereocenters. The third kappa shape index (κ3) is 2.01. The van der Waals surface area contributed by atoms with Crippen LogP contribution in [0.2, 0.25) is 0 Å². The van der Waals surface area contributed by atoms with E-state index >= 15 is 0 Å². The highest BCUT2D eigenvalue weighted by atomic mass is 16.4. The van der Waals surface area contributed by atoms with Gasteiger partial charge in [-0.2, -0.15) is 5.10 Å². The number of carbonyl (C=O) groups is 2. The largest absolute Gasteiger partial charge is 0.481 e. The van der Waals surface area contributed by atoms with Crippen molar-refractivity contribution in [3.05, 3.63) is 24.5 Å². The standard InChI is InChI=1S/C14H17N3O3/c1-2-17-7-10(6-15-17)16-13(18)11-8-3-4-9(5-8)12(11)14(19)20/h3-4,6-9,11-12H,2,5H2,1H3,(H,16,18)(H,19,20). The van der Waals surface area contributed by atoms with Gasteiger partial charge in [-0.25, -0.2) is 0 Å². The van der Waals surface area contributed by atoms with Gasteiger partial charge in [-0.15, -0.1) is 0 Å². The molecular weight excluding hydrogens is 258 g/mol. The highest BCUT2D eigenvalue weighted by Gasteiger charge is 2.51. The summed E-state index contributed by atoms with van der Waals surface area (Å²) < 4.78 is 1.71. The normalized spacial score (nSPS) is 30.6. The van der Waals surface area contributed by atoms with Crippen LogP contribution >= 0.6 is 0 Å². The molecule has 2 aliphatic rings. The minimum Gasteiger partial charge on any atom is -0.481 e. The fourth-order valence-corrected chi connectivity index (χ4v) is 3.34. The third-order valence-electron chi connectivity index (χ3n) is 4.27. The van der Waals surface area contributed by atoms with E-state index < -0.39 is 17.8 Å². The second-order valence-electron chi connectivity index (χ2n) is 5.41. The van der Waals surface area contributed by atoms with E-state index in [4.69, 9.17) is 0 Å². The van der Waals surface area contributed by atoms with Gasteiger partial charge in [0.25, 0.3) is 0 Å². The summed E-state index contributed by atoms with van der Waals surface area (Å²) in [4.78, 5) is 23.8. The van der Waals surface area contributed by atoms with Crippen LogP contribution < -0.4 is 5.32 Å². The lowest BCUT2D eigenvalue weighted by Gasteiger charge is -2.23. The molecule has 20 heavy (non-hydrogen) atoms. The number of aliphatic carboxylic acids is 1. The molecule has 1 amide bonds. The van der Waals surface area contributed by atoms with Crippen LogP contribution in [0.1, 0.15) is 13.3 Å². The molecule has 2 N–H and O–H groups in total. The molecule has 0 saturated heterocycles. The van der Waals surface area contributed by atoms with Crippen molar-refractivity contribution in [3.63, 3.8) is 0 Å². The second kappa shape index (κ2) is 4.77. The average molecular weight is 275 g/mol. The summed E-state index contributed by atoms with van der Waals surface area (Å²) in [7, 11) is 0. The van der Waals surface area contributed by atoms with E-state index in [9.17, 15) is 14.7 Å². The minimum absolute atomic E-state index is 0.00776. The number of anilines is 1. The minimum atomic E-state index is -0.883. The smallest absolute Gasteiger partial charge is 0.307 e. The molecule has 1 aromatic rings. The SMILES string of the molecule is CCn1cc(NC(=O)C2C3C=CC(C3)C2C(=O)O)cn1. The summed E-state index contributed by atoms with van der Waals surface area (Å²) in [5.74, 6) is -2.15. The Bertz CT molecular complexity index is 578. The van der Waals surface area contributed by atoms with Gasteiger partial charge < -0.3 is 10.4 Å². The summed E-state index contributed by atoms with van der Waals surface area (Å²) in [6.07, 6.45) is 8.01. The van der Waals surface area contributed by atoms with E-state index in [2.05, 4.69) is 10.4 Å². The topological polar surface area (TPSA) is 84.2 Å². The van der Waals surface area contributed by atoms with Gasteiger partial charge in [-0.3, -0.25) is 14.3 Å². The first-order chi connectivity index (χ1) is 9.60. The van der Waals surface area contributed by atoms with Crippen LogP contribution in [0.5, 0.6) is 0 Å². The number of hydrogen-bond acceptors (Lipinski definition) is 3. The summed E-state index contributed by atoms with van der Waals surface area (Å²) in [5, 5.41) is 16.2. The number of carboxylic acids is 1. The van der Waals surface area contributed by atoms with Crippen molar-refractivity contribution in [1.29, 1.82) is 0 Å². The van der Waals surface area contributed by atoms with E-state index in [0.717, 1.165) is 13.0 Å². The van der Waals surface area contributed by atoms with Crippen molar-refractivity contribution in [3.8, 4) is 0 Å². The Labute approximate surface area is 116 Å². The zero-order valence-electron chi connectivity index (χ0n) is 11.2. The summed E-state index contributed by atoms with van der Waals surface area (Å²) in [6, 6.07) is 0. The van der Waals surface area contributed by atoms with Crippen LogP contribution in [-0.4, -0.2) is 26.8 Å². The molecule has 0 aromatic carbocycles. The van der Waals surface area contributed by atoms with Crippen LogP contribution in [0.15, 0.2) is 24.5 Å². The van der Waals surface area contributed by atoms with Gasteiger partial charge in [0.15, 0.2) is 0 Å². The van der Waals surface area contributed by atoms with Gasteiger partial charge in [-0.05, 0) is 25.2 Å². The Kier molecular flexibility index (Phi) is 3.08. The van der Waals surface area contributed by atoms with Gasteiger partial charge in [0.1, 0.15) is 0 Å². The molecule has 0 aliphatic heterocycles. The predicted octanol–water partition coefficient (Wildman–Crippen LogP) is 1.36. The zero-order chi connectivity index (χ0) is 14.3. The van der Waals surface area contributed by atoms with E-state index in [1.165, 1.54) is 0 Å². The number of hydrogen-bond donors (Lipinski definition) is 2. The lowest BCUT2D eigenvalue weighted by atomic mass is 9.82. The first-order valence-electron chi connectivity index (χ1n) is 6.84. The van der Waals surface area contributed by atoms with Gasteiger partial charge >= 0.3 is 5.97 Å². The summed E-state index contributed by atoms with van der Waals surface area (Å²) in [5.41, 5.74) is 0.618. The fourth-order valence-electron chi connectivity index (χ4n) is 3.34. The quantitative estimate of drug-likeness (QED) is 0.813. The first-order valence-corrected chi connectivity index (χ1v) is 6.84. The van der Waals surface area contributed by atoms with Crippen LogP contribution in [-0.2, 0) is 16.1 Å². The number of rotatable bonds is 4. The molecule has 2 bridgehead atoms. The van der Waals surface area contributed by atoms with Gasteiger partial charge in [-0.1, -0.05) is 12.2 Å². The third-order valence-corrected chi connectivity index (χ3v) is 4.27.